The molecular weight excluding hydrogens is 457 g/mol. The molecule has 0 fully saturated rings. The number of halogens is 3. The molecule has 0 spiro atoms. The molecule has 1 N–H and O–H groups in total. The Morgan fingerprint density at radius 1 is 1.18 bits per heavy atom. The number of rotatable bonds is 6. The number of pyridine rings is 1. The fourth-order valence-electron chi connectivity index (χ4n) is 3.80. The molecule has 0 saturated heterocycles. The zero-order valence-electron chi connectivity index (χ0n) is 18.1. The number of ketones is 1. The van der Waals surface area contributed by atoms with Gasteiger partial charge in [0.25, 0.3) is 0 Å². The Bertz CT molecular complexity index is 1280. The number of nitrogens with zero attached hydrogens (tertiary/aromatic N) is 3. The first-order valence-corrected chi connectivity index (χ1v) is 11.7. The number of anilines is 1. The normalized spacial score (nSPS) is 15.6. The van der Waals surface area contributed by atoms with Gasteiger partial charge in [0.05, 0.1) is 22.6 Å². The van der Waals surface area contributed by atoms with Crippen LogP contribution < -0.4 is 5.32 Å². The minimum absolute atomic E-state index is 0.0879. The summed E-state index contributed by atoms with van der Waals surface area (Å²) < 4.78 is 64.1. The number of benzene rings is 1. The highest BCUT2D eigenvalue weighted by Crippen LogP contribution is 2.39. The molecule has 1 aliphatic rings. The predicted octanol–water partition coefficient (Wildman–Crippen LogP) is 3.71. The van der Waals surface area contributed by atoms with Crippen LogP contribution in [-0.4, -0.2) is 44.4 Å². The number of hydrogen-bond donors (Lipinski definition) is 1. The van der Waals surface area contributed by atoms with E-state index in [1.807, 2.05) is 6.07 Å². The van der Waals surface area contributed by atoms with E-state index in [0.29, 0.717) is 11.3 Å². The van der Waals surface area contributed by atoms with Crippen LogP contribution >= 0.6 is 0 Å². The van der Waals surface area contributed by atoms with E-state index in [4.69, 9.17) is 0 Å². The van der Waals surface area contributed by atoms with E-state index in [9.17, 15) is 31.6 Å². The summed E-state index contributed by atoms with van der Waals surface area (Å²) in [6.45, 7) is 0. The smallest absolute Gasteiger partial charge is 0.358 e. The summed E-state index contributed by atoms with van der Waals surface area (Å²) in [4.78, 5) is 17.8. The fraction of sp³-hybridized carbons (Fsp3) is 0.318. The summed E-state index contributed by atoms with van der Waals surface area (Å²) in [5, 5.41) is 12.1. The van der Waals surface area contributed by atoms with E-state index in [2.05, 4.69) is 10.3 Å². The molecule has 1 atom stereocenters. The van der Waals surface area contributed by atoms with Gasteiger partial charge >= 0.3 is 6.18 Å². The summed E-state index contributed by atoms with van der Waals surface area (Å²) >= 11 is 0. The Kier molecular flexibility index (Phi) is 6.63. The monoisotopic (exact) mass is 478 g/mol. The lowest BCUT2D eigenvalue weighted by molar-refractivity contribution is -0.141. The summed E-state index contributed by atoms with van der Waals surface area (Å²) in [6.07, 6.45) is -2.21. The van der Waals surface area contributed by atoms with Gasteiger partial charge in [-0.1, -0.05) is 6.07 Å². The van der Waals surface area contributed by atoms with Crippen molar-refractivity contribution in [1.29, 1.82) is 5.26 Å². The lowest BCUT2D eigenvalue weighted by Crippen LogP contribution is -2.27. The van der Waals surface area contributed by atoms with E-state index < -0.39 is 27.7 Å². The molecule has 1 aromatic carbocycles. The summed E-state index contributed by atoms with van der Waals surface area (Å²) in [5.41, 5.74) is 0.159. The summed E-state index contributed by atoms with van der Waals surface area (Å²) in [5.74, 6) is -0.245. The number of carbonyl (C=O) groups excluding carboxylic acids is 1. The Balaban J connectivity index is 2.16. The van der Waals surface area contributed by atoms with Gasteiger partial charge in [0.1, 0.15) is 5.69 Å². The molecule has 3 rings (SSSR count). The van der Waals surface area contributed by atoms with Gasteiger partial charge in [-0.25, -0.2) is 8.42 Å². The SMILES string of the molecule is CN(C)C(C1=C(Nc2ccnc(C(F)(F)F)c2)CCC1=O)c1ccc(C#N)cc1S(C)(=O)=O. The maximum atomic E-state index is 13.1. The molecule has 0 amide bonds. The van der Waals surface area contributed by atoms with E-state index in [0.717, 1.165) is 18.5 Å². The number of allylic oxidation sites excluding steroid dienone is 1. The number of carbonyl (C=O) groups is 1. The first-order chi connectivity index (χ1) is 15.3. The highest BCUT2D eigenvalue weighted by atomic mass is 32.2. The van der Waals surface area contributed by atoms with Crippen molar-refractivity contribution in [2.45, 2.75) is 30.0 Å². The van der Waals surface area contributed by atoms with Crippen LogP contribution in [0.5, 0.6) is 0 Å². The van der Waals surface area contributed by atoms with Crippen molar-refractivity contribution in [3.63, 3.8) is 0 Å². The van der Waals surface area contributed by atoms with Gasteiger partial charge < -0.3 is 5.32 Å². The van der Waals surface area contributed by atoms with Gasteiger partial charge in [0.15, 0.2) is 15.6 Å². The second-order valence-corrected chi connectivity index (χ2v) is 9.85. The molecule has 1 aliphatic carbocycles. The van der Waals surface area contributed by atoms with Gasteiger partial charge in [-0.05, 0) is 50.3 Å². The van der Waals surface area contributed by atoms with E-state index in [-0.39, 0.29) is 40.3 Å². The number of Topliss-reactive ketones (excluding diaryl/α,β-unsaturated/α-hetero) is 1. The van der Waals surface area contributed by atoms with Gasteiger partial charge in [-0.2, -0.15) is 18.4 Å². The Morgan fingerprint density at radius 3 is 2.45 bits per heavy atom. The van der Waals surface area contributed by atoms with Gasteiger partial charge in [0.2, 0.25) is 0 Å². The molecule has 33 heavy (non-hydrogen) atoms. The van der Waals surface area contributed by atoms with Crippen molar-refractivity contribution in [3.05, 3.63) is 64.6 Å². The highest BCUT2D eigenvalue weighted by molar-refractivity contribution is 7.90. The minimum atomic E-state index is -4.63. The maximum Gasteiger partial charge on any atom is 0.433 e. The fourth-order valence-corrected chi connectivity index (χ4v) is 4.75. The van der Waals surface area contributed by atoms with Crippen molar-refractivity contribution in [3.8, 4) is 6.07 Å². The first kappa shape index (κ1) is 24.4. The molecule has 0 aliphatic heterocycles. The van der Waals surface area contributed by atoms with Crippen LogP contribution in [0.2, 0.25) is 0 Å². The third-order valence-corrected chi connectivity index (χ3v) is 6.35. The van der Waals surface area contributed by atoms with Gasteiger partial charge in [-0.15, -0.1) is 0 Å². The van der Waals surface area contributed by atoms with Crippen LogP contribution in [0.4, 0.5) is 18.9 Å². The number of hydrogen-bond acceptors (Lipinski definition) is 7. The number of nitrogens with one attached hydrogen (secondary N) is 1. The van der Waals surface area contributed by atoms with Crippen LogP contribution in [0.3, 0.4) is 0 Å². The number of nitriles is 1. The first-order valence-electron chi connectivity index (χ1n) is 9.80. The quantitative estimate of drug-likeness (QED) is 0.675. The molecule has 11 heteroatoms. The molecule has 2 aromatic rings. The third kappa shape index (κ3) is 5.23. The number of aromatic nitrogens is 1. The van der Waals surface area contributed by atoms with Crippen molar-refractivity contribution >= 4 is 21.3 Å². The number of sulfone groups is 1. The second kappa shape index (κ2) is 8.96. The summed E-state index contributed by atoms with van der Waals surface area (Å²) in [7, 11) is -0.423. The van der Waals surface area contributed by atoms with Crippen LogP contribution in [-0.2, 0) is 20.8 Å². The van der Waals surface area contributed by atoms with Crippen molar-refractivity contribution < 1.29 is 26.4 Å². The molecule has 174 valence electrons. The van der Waals surface area contributed by atoms with Crippen LogP contribution in [0.25, 0.3) is 0 Å². The maximum absolute atomic E-state index is 13.1. The third-order valence-electron chi connectivity index (χ3n) is 5.20. The molecule has 0 saturated carbocycles. The van der Waals surface area contributed by atoms with Crippen molar-refractivity contribution in [1.82, 2.24) is 9.88 Å². The molecule has 1 aromatic heterocycles. The minimum Gasteiger partial charge on any atom is -0.358 e. The standard InChI is InChI=1S/C22H21F3N4O3S/c1-29(2)21(15-5-4-13(12-26)10-18(15)33(3,31)32)20-16(6-7-17(20)30)28-14-8-9-27-19(11-14)22(23,24)25/h4-5,8-11,21H,6-7H2,1-3H3,(H,27,28). The second-order valence-electron chi connectivity index (χ2n) is 7.87. The molecule has 7 nitrogen and oxygen atoms in total. The van der Waals surface area contributed by atoms with Crippen LogP contribution in [0.15, 0.2) is 52.7 Å². The largest absolute Gasteiger partial charge is 0.433 e. The molecular formula is C22H21F3N4O3S. The molecule has 0 radical (unpaired) electrons. The Labute approximate surface area is 189 Å². The lowest BCUT2D eigenvalue weighted by Gasteiger charge is -2.28. The van der Waals surface area contributed by atoms with E-state index in [1.54, 1.807) is 19.0 Å². The Hall–Kier alpha value is -3.23. The number of likely N-dealkylation sites (N-methyl/N-ethyl adjacent to an activating group) is 1. The average Bonchev–Trinajstić information content (AvgIpc) is 3.07. The van der Waals surface area contributed by atoms with E-state index >= 15 is 0 Å². The molecule has 1 heterocycles. The summed E-state index contributed by atoms with van der Waals surface area (Å²) in [6, 6.07) is 7.52. The topological polar surface area (TPSA) is 103 Å². The van der Waals surface area contributed by atoms with Gasteiger partial charge in [0, 0.05) is 35.8 Å². The zero-order chi connectivity index (χ0) is 24.6. The van der Waals surface area contributed by atoms with Crippen LogP contribution in [0.1, 0.15) is 35.7 Å². The van der Waals surface area contributed by atoms with E-state index in [1.165, 1.54) is 24.3 Å². The van der Waals surface area contributed by atoms with Crippen molar-refractivity contribution in [2.24, 2.45) is 0 Å². The van der Waals surface area contributed by atoms with Gasteiger partial charge in [-0.3, -0.25) is 14.7 Å². The lowest BCUT2D eigenvalue weighted by atomic mass is 9.94. The van der Waals surface area contributed by atoms with Crippen LogP contribution in [0, 0.1) is 11.3 Å². The molecule has 1 unspecified atom stereocenters. The predicted molar refractivity (Wildman–Crippen MR) is 115 cm³/mol. The molecule has 0 bridgehead atoms. The highest BCUT2D eigenvalue weighted by Gasteiger charge is 2.36. The zero-order valence-corrected chi connectivity index (χ0v) is 18.9. The van der Waals surface area contributed by atoms with Crippen molar-refractivity contribution in [2.75, 3.05) is 25.7 Å². The average molecular weight is 478 g/mol. The number of alkyl halides is 3. The Morgan fingerprint density at radius 2 is 1.88 bits per heavy atom.